The van der Waals surface area contributed by atoms with Crippen molar-refractivity contribution >= 4 is 6.03 Å². The minimum Gasteiger partial charge on any atom is -0.330 e. The monoisotopic (exact) mass is 295 g/mol. The van der Waals surface area contributed by atoms with E-state index in [2.05, 4.69) is 35.2 Å². The van der Waals surface area contributed by atoms with Gasteiger partial charge in [-0.2, -0.15) is 0 Å². The lowest BCUT2D eigenvalue weighted by molar-refractivity contribution is 0.109. The van der Waals surface area contributed by atoms with Crippen molar-refractivity contribution in [3.05, 3.63) is 35.9 Å². The molecule has 1 aromatic carbocycles. The molecule has 1 aromatic rings. The highest BCUT2D eigenvalue weighted by molar-refractivity contribution is 5.76. The van der Waals surface area contributed by atoms with E-state index in [9.17, 15) is 4.79 Å². The molecule has 4 heteroatoms. The van der Waals surface area contributed by atoms with Crippen molar-refractivity contribution < 1.29 is 4.79 Å². The third kappa shape index (κ3) is 2.12. The highest BCUT2D eigenvalue weighted by Gasteiger charge is 2.45. The Morgan fingerprint density at radius 3 is 2.64 bits per heavy atom. The number of amides is 2. The van der Waals surface area contributed by atoms with Gasteiger partial charge in [-0.25, -0.2) is 4.79 Å². The molecule has 0 bridgehead atoms. The van der Waals surface area contributed by atoms with Crippen LogP contribution in [0.3, 0.4) is 0 Å². The number of carbonyl (C=O) groups is 1. The predicted molar refractivity (Wildman–Crippen MR) is 85.2 cm³/mol. The zero-order valence-corrected chi connectivity index (χ0v) is 12.7. The van der Waals surface area contributed by atoms with E-state index in [1.807, 2.05) is 15.9 Å². The van der Waals surface area contributed by atoms with Gasteiger partial charge in [-0.1, -0.05) is 36.8 Å². The van der Waals surface area contributed by atoms with E-state index in [4.69, 9.17) is 6.42 Å². The van der Waals surface area contributed by atoms with Crippen LogP contribution in [0.2, 0.25) is 0 Å². The van der Waals surface area contributed by atoms with Crippen molar-refractivity contribution in [2.75, 3.05) is 32.7 Å². The quantitative estimate of drug-likeness (QED) is 0.739. The van der Waals surface area contributed by atoms with E-state index in [1.165, 1.54) is 5.56 Å². The Morgan fingerprint density at radius 1 is 1.14 bits per heavy atom. The zero-order valence-electron chi connectivity index (χ0n) is 12.7. The van der Waals surface area contributed by atoms with Crippen molar-refractivity contribution in [3.8, 4) is 12.5 Å². The van der Waals surface area contributed by atoms with Crippen LogP contribution < -0.4 is 0 Å². The number of terminal acetylenes is 1. The fourth-order valence-corrected chi connectivity index (χ4v) is 4.06. The molecule has 0 aromatic heterocycles. The normalized spacial score (nSPS) is 27.5. The van der Waals surface area contributed by atoms with Crippen LogP contribution in [0.5, 0.6) is 0 Å². The van der Waals surface area contributed by atoms with Crippen LogP contribution in [0, 0.1) is 18.4 Å². The lowest BCUT2D eigenvalue weighted by Gasteiger charge is -2.42. The Balaban J connectivity index is 1.37. The molecule has 3 fully saturated rings. The molecular formula is C18H21N3O. The van der Waals surface area contributed by atoms with Gasteiger partial charge in [0.25, 0.3) is 0 Å². The first kappa shape index (κ1) is 13.5. The van der Waals surface area contributed by atoms with Gasteiger partial charge in [0.1, 0.15) is 0 Å². The number of fused-ring (bicyclic) bond motifs is 1. The fourth-order valence-electron chi connectivity index (χ4n) is 4.06. The third-order valence-electron chi connectivity index (χ3n) is 5.40. The molecule has 3 saturated heterocycles. The minimum absolute atomic E-state index is 0.207. The van der Waals surface area contributed by atoms with Crippen LogP contribution in [0.25, 0.3) is 0 Å². The zero-order chi connectivity index (χ0) is 15.1. The van der Waals surface area contributed by atoms with Crippen molar-refractivity contribution in [3.63, 3.8) is 0 Å². The van der Waals surface area contributed by atoms with Gasteiger partial charge in [-0.15, -0.1) is 0 Å². The molecular weight excluding hydrogens is 274 g/mol. The summed E-state index contributed by atoms with van der Waals surface area (Å²) in [5, 5.41) is 0. The van der Waals surface area contributed by atoms with E-state index in [0.717, 1.165) is 39.1 Å². The van der Waals surface area contributed by atoms with E-state index >= 15 is 0 Å². The van der Waals surface area contributed by atoms with Crippen molar-refractivity contribution in [1.82, 2.24) is 14.7 Å². The molecule has 0 unspecified atom stereocenters. The number of hydrogen-bond acceptors (Lipinski definition) is 2. The number of carbonyl (C=O) groups excluding carboxylic acids is 1. The SMILES string of the molecule is C#CN1C[C@H]2CCN(C(=O)N3CC(c4ccccc4)C3)[C@H]2C1. The molecule has 0 N–H and O–H groups in total. The summed E-state index contributed by atoms with van der Waals surface area (Å²) in [6, 6.07) is 13.7. The Hall–Kier alpha value is -2.15. The summed E-state index contributed by atoms with van der Waals surface area (Å²) >= 11 is 0. The molecule has 0 saturated carbocycles. The van der Waals surface area contributed by atoms with Gasteiger partial charge in [0.15, 0.2) is 0 Å². The van der Waals surface area contributed by atoms with Crippen molar-refractivity contribution in [2.24, 2.45) is 5.92 Å². The summed E-state index contributed by atoms with van der Waals surface area (Å²) in [5.41, 5.74) is 1.34. The largest absolute Gasteiger partial charge is 0.330 e. The lowest BCUT2D eigenvalue weighted by atomic mass is 9.92. The Bertz CT molecular complexity index is 603. The number of likely N-dealkylation sites (tertiary alicyclic amines) is 3. The van der Waals surface area contributed by atoms with Crippen molar-refractivity contribution in [1.29, 1.82) is 0 Å². The van der Waals surface area contributed by atoms with Gasteiger partial charge in [-0.05, 0) is 12.0 Å². The molecule has 2 amide bonds. The molecule has 0 radical (unpaired) electrons. The van der Waals surface area contributed by atoms with Gasteiger partial charge in [-0.3, -0.25) is 0 Å². The number of rotatable bonds is 1. The second-order valence-electron chi connectivity index (χ2n) is 6.64. The summed E-state index contributed by atoms with van der Waals surface area (Å²) in [5.74, 6) is 1.06. The third-order valence-corrected chi connectivity index (χ3v) is 5.40. The van der Waals surface area contributed by atoms with Crippen LogP contribution in [0.1, 0.15) is 17.9 Å². The van der Waals surface area contributed by atoms with Crippen LogP contribution in [0.4, 0.5) is 4.79 Å². The van der Waals surface area contributed by atoms with Gasteiger partial charge in [0, 0.05) is 50.6 Å². The fraction of sp³-hybridized carbons (Fsp3) is 0.500. The summed E-state index contributed by atoms with van der Waals surface area (Å²) < 4.78 is 0. The van der Waals surface area contributed by atoms with Crippen LogP contribution in [-0.2, 0) is 0 Å². The number of hydrogen-bond donors (Lipinski definition) is 0. The Kier molecular flexibility index (Phi) is 3.22. The maximum absolute atomic E-state index is 12.7. The summed E-state index contributed by atoms with van der Waals surface area (Å²) in [4.78, 5) is 18.8. The first-order valence-corrected chi connectivity index (χ1v) is 8.08. The second-order valence-corrected chi connectivity index (χ2v) is 6.64. The van der Waals surface area contributed by atoms with Gasteiger partial charge in [0.05, 0.1) is 6.04 Å². The molecule has 3 aliphatic heterocycles. The van der Waals surface area contributed by atoms with Crippen LogP contribution >= 0.6 is 0 Å². The molecule has 3 aliphatic rings. The van der Waals surface area contributed by atoms with Gasteiger partial charge in [0.2, 0.25) is 0 Å². The van der Waals surface area contributed by atoms with E-state index in [-0.39, 0.29) is 6.03 Å². The highest BCUT2D eigenvalue weighted by Crippen LogP contribution is 2.34. The van der Waals surface area contributed by atoms with Gasteiger partial charge < -0.3 is 14.7 Å². The van der Waals surface area contributed by atoms with Gasteiger partial charge >= 0.3 is 6.03 Å². The predicted octanol–water partition coefficient (Wildman–Crippen LogP) is 1.80. The number of nitrogens with zero attached hydrogens (tertiary/aromatic N) is 3. The molecule has 4 nitrogen and oxygen atoms in total. The minimum atomic E-state index is 0.207. The Labute approximate surface area is 131 Å². The van der Waals surface area contributed by atoms with E-state index in [1.54, 1.807) is 0 Å². The first-order valence-electron chi connectivity index (χ1n) is 8.08. The molecule has 4 rings (SSSR count). The smallest absolute Gasteiger partial charge is 0.320 e. The van der Waals surface area contributed by atoms with Crippen LogP contribution in [-0.4, -0.2) is 59.5 Å². The highest BCUT2D eigenvalue weighted by atomic mass is 16.2. The van der Waals surface area contributed by atoms with E-state index < -0.39 is 0 Å². The van der Waals surface area contributed by atoms with Crippen molar-refractivity contribution in [2.45, 2.75) is 18.4 Å². The molecule has 114 valence electrons. The average Bonchev–Trinajstić information content (AvgIpc) is 3.06. The maximum atomic E-state index is 12.7. The lowest BCUT2D eigenvalue weighted by Crippen LogP contribution is -2.55. The molecule has 2 atom stereocenters. The molecule has 3 heterocycles. The van der Waals surface area contributed by atoms with Crippen LogP contribution in [0.15, 0.2) is 30.3 Å². The maximum Gasteiger partial charge on any atom is 0.320 e. The second kappa shape index (κ2) is 5.24. The molecule has 0 aliphatic carbocycles. The average molecular weight is 295 g/mol. The first-order chi connectivity index (χ1) is 10.8. The summed E-state index contributed by atoms with van der Waals surface area (Å²) in [7, 11) is 0. The van der Waals surface area contributed by atoms with E-state index in [0.29, 0.717) is 17.9 Å². The molecule has 0 spiro atoms. The summed E-state index contributed by atoms with van der Waals surface area (Å²) in [6.07, 6.45) is 6.59. The number of benzene rings is 1. The topological polar surface area (TPSA) is 26.8 Å². The standard InChI is InChI=1S/C18H21N3O/c1-2-19-10-15-8-9-21(17(15)13-19)18(22)20-11-16(12-20)14-6-4-3-5-7-14/h1,3-7,15-17H,8-13H2/t15-,17+/m1/s1. The number of urea groups is 1. The summed E-state index contributed by atoms with van der Waals surface area (Å²) in [6.45, 7) is 4.35. The molecule has 22 heavy (non-hydrogen) atoms. The Morgan fingerprint density at radius 2 is 1.91 bits per heavy atom.